The molecule has 21 heavy (non-hydrogen) atoms. The zero-order chi connectivity index (χ0) is 15.3. The Bertz CT molecular complexity index is 538. The summed E-state index contributed by atoms with van der Waals surface area (Å²) in [5.41, 5.74) is 3.94. The number of hydrogen-bond acceptors (Lipinski definition) is 2. The van der Waals surface area contributed by atoms with Crippen LogP contribution < -0.4 is 5.32 Å². The average Bonchev–Trinajstić information content (AvgIpc) is 2.45. The fourth-order valence-electron chi connectivity index (χ4n) is 2.45. The lowest BCUT2D eigenvalue weighted by Crippen LogP contribution is -2.25. The van der Waals surface area contributed by atoms with E-state index in [9.17, 15) is 0 Å². The Morgan fingerprint density at radius 3 is 2.33 bits per heavy atom. The average molecular weight is 282 g/mol. The number of nitrogens with one attached hydrogen (secondary N) is 1. The predicted octanol–water partition coefficient (Wildman–Crippen LogP) is 4.66. The molecule has 0 aliphatic carbocycles. The fraction of sp³-hybridized carbons (Fsp3) is 0.421. The fourth-order valence-corrected chi connectivity index (χ4v) is 2.45. The second-order valence-electron chi connectivity index (χ2n) is 6.92. The molecule has 0 saturated heterocycles. The number of rotatable bonds is 5. The van der Waals surface area contributed by atoms with Gasteiger partial charge in [-0.15, -0.1) is 0 Å². The first kappa shape index (κ1) is 15.7. The van der Waals surface area contributed by atoms with Crippen LogP contribution in [-0.2, 0) is 6.54 Å². The highest BCUT2D eigenvalue weighted by Crippen LogP contribution is 2.29. The number of aromatic nitrogens is 1. The SMILES string of the molecule is Cc1ccc(CNC(CC(C)(C)C)c2ccccc2)cn1. The van der Waals surface area contributed by atoms with Gasteiger partial charge in [0.05, 0.1) is 0 Å². The molecule has 0 spiro atoms. The predicted molar refractivity (Wildman–Crippen MR) is 89.1 cm³/mol. The summed E-state index contributed by atoms with van der Waals surface area (Å²) in [4.78, 5) is 4.36. The molecule has 2 aromatic rings. The van der Waals surface area contributed by atoms with E-state index in [1.54, 1.807) is 0 Å². The van der Waals surface area contributed by atoms with Crippen molar-refractivity contribution >= 4 is 0 Å². The van der Waals surface area contributed by atoms with Gasteiger partial charge in [-0.25, -0.2) is 0 Å². The summed E-state index contributed by atoms with van der Waals surface area (Å²) in [5.74, 6) is 0. The molecule has 0 amide bonds. The van der Waals surface area contributed by atoms with Crippen molar-refractivity contribution in [3.63, 3.8) is 0 Å². The van der Waals surface area contributed by atoms with Crippen molar-refractivity contribution in [1.29, 1.82) is 0 Å². The van der Waals surface area contributed by atoms with E-state index in [4.69, 9.17) is 0 Å². The largest absolute Gasteiger partial charge is 0.306 e. The molecule has 1 atom stereocenters. The van der Waals surface area contributed by atoms with Crippen LogP contribution in [0.15, 0.2) is 48.7 Å². The van der Waals surface area contributed by atoms with E-state index < -0.39 is 0 Å². The second-order valence-corrected chi connectivity index (χ2v) is 6.92. The molecule has 1 heterocycles. The van der Waals surface area contributed by atoms with Crippen molar-refractivity contribution in [1.82, 2.24) is 10.3 Å². The Hall–Kier alpha value is -1.67. The van der Waals surface area contributed by atoms with Gasteiger partial charge in [-0.05, 0) is 36.0 Å². The Morgan fingerprint density at radius 1 is 1.05 bits per heavy atom. The maximum Gasteiger partial charge on any atom is 0.0372 e. The molecule has 0 fully saturated rings. The van der Waals surface area contributed by atoms with Crippen LogP contribution in [-0.4, -0.2) is 4.98 Å². The summed E-state index contributed by atoms with van der Waals surface area (Å²) in [6, 6.07) is 15.3. The molecule has 0 bridgehead atoms. The van der Waals surface area contributed by atoms with Gasteiger partial charge in [-0.2, -0.15) is 0 Å². The highest BCUT2D eigenvalue weighted by Gasteiger charge is 2.19. The summed E-state index contributed by atoms with van der Waals surface area (Å²) >= 11 is 0. The number of hydrogen-bond donors (Lipinski definition) is 1. The molecular formula is C19H26N2. The van der Waals surface area contributed by atoms with Crippen molar-refractivity contribution in [2.45, 2.75) is 46.7 Å². The molecule has 1 aromatic heterocycles. The number of aryl methyl sites for hydroxylation is 1. The van der Waals surface area contributed by atoms with Gasteiger partial charge in [-0.1, -0.05) is 57.2 Å². The van der Waals surface area contributed by atoms with Gasteiger partial charge < -0.3 is 5.32 Å². The highest BCUT2D eigenvalue weighted by atomic mass is 14.9. The lowest BCUT2D eigenvalue weighted by molar-refractivity contribution is 0.310. The van der Waals surface area contributed by atoms with Gasteiger partial charge in [0.25, 0.3) is 0 Å². The Labute approximate surface area is 128 Å². The number of nitrogens with zero attached hydrogens (tertiary/aromatic N) is 1. The molecule has 1 N–H and O–H groups in total. The summed E-state index contributed by atoms with van der Waals surface area (Å²) in [7, 11) is 0. The first-order valence-corrected chi connectivity index (χ1v) is 7.64. The van der Waals surface area contributed by atoms with E-state index in [-0.39, 0.29) is 0 Å². The van der Waals surface area contributed by atoms with Crippen LogP contribution in [0.5, 0.6) is 0 Å². The van der Waals surface area contributed by atoms with Crippen molar-refractivity contribution in [2.75, 3.05) is 0 Å². The molecular weight excluding hydrogens is 256 g/mol. The van der Waals surface area contributed by atoms with Gasteiger partial charge in [0.2, 0.25) is 0 Å². The van der Waals surface area contributed by atoms with E-state index >= 15 is 0 Å². The summed E-state index contributed by atoms with van der Waals surface area (Å²) in [6.07, 6.45) is 3.07. The first-order chi connectivity index (χ1) is 9.94. The third-order valence-electron chi connectivity index (χ3n) is 3.54. The first-order valence-electron chi connectivity index (χ1n) is 7.64. The van der Waals surface area contributed by atoms with E-state index in [0.717, 1.165) is 18.7 Å². The van der Waals surface area contributed by atoms with Crippen LogP contribution >= 0.6 is 0 Å². The molecule has 0 radical (unpaired) electrons. The third kappa shape index (κ3) is 5.31. The van der Waals surface area contributed by atoms with Crippen LogP contribution in [0.1, 0.15) is 50.1 Å². The minimum atomic E-state index is 0.291. The quantitative estimate of drug-likeness (QED) is 0.863. The Balaban J connectivity index is 2.07. The summed E-state index contributed by atoms with van der Waals surface area (Å²) < 4.78 is 0. The maximum absolute atomic E-state index is 4.36. The van der Waals surface area contributed by atoms with Crippen LogP contribution in [0.4, 0.5) is 0 Å². The Morgan fingerprint density at radius 2 is 1.76 bits per heavy atom. The smallest absolute Gasteiger partial charge is 0.0372 e. The van der Waals surface area contributed by atoms with Gasteiger partial charge in [0.1, 0.15) is 0 Å². The highest BCUT2D eigenvalue weighted by molar-refractivity contribution is 5.20. The number of pyridine rings is 1. The molecule has 1 unspecified atom stereocenters. The minimum Gasteiger partial charge on any atom is -0.306 e. The second kappa shape index (κ2) is 6.86. The molecule has 2 nitrogen and oxygen atoms in total. The summed E-state index contributed by atoms with van der Waals surface area (Å²) in [6.45, 7) is 9.74. The lowest BCUT2D eigenvalue weighted by atomic mass is 9.85. The standard InChI is InChI=1S/C19H26N2/c1-15-10-11-16(13-20-15)14-21-18(12-19(2,3)4)17-8-6-5-7-9-17/h5-11,13,18,21H,12,14H2,1-4H3. The van der Waals surface area contributed by atoms with Gasteiger partial charge in [0.15, 0.2) is 0 Å². The molecule has 0 aliphatic rings. The van der Waals surface area contributed by atoms with E-state index in [1.807, 2.05) is 13.1 Å². The molecule has 0 saturated carbocycles. The normalized spacial score (nSPS) is 13.1. The van der Waals surface area contributed by atoms with Crippen molar-refractivity contribution in [3.05, 3.63) is 65.5 Å². The lowest BCUT2D eigenvalue weighted by Gasteiger charge is -2.27. The molecule has 2 heteroatoms. The van der Waals surface area contributed by atoms with Crippen molar-refractivity contribution in [2.24, 2.45) is 5.41 Å². The molecule has 1 aromatic carbocycles. The maximum atomic E-state index is 4.36. The zero-order valence-electron chi connectivity index (χ0n) is 13.6. The van der Waals surface area contributed by atoms with E-state index in [0.29, 0.717) is 11.5 Å². The van der Waals surface area contributed by atoms with Crippen LogP contribution in [0, 0.1) is 12.3 Å². The Kier molecular flexibility index (Phi) is 5.13. The van der Waals surface area contributed by atoms with Crippen LogP contribution in [0.2, 0.25) is 0 Å². The van der Waals surface area contributed by atoms with Crippen molar-refractivity contribution < 1.29 is 0 Å². The summed E-state index contributed by atoms with van der Waals surface area (Å²) in [5, 5.41) is 3.69. The number of benzene rings is 1. The van der Waals surface area contributed by atoms with Gasteiger partial charge >= 0.3 is 0 Å². The van der Waals surface area contributed by atoms with E-state index in [1.165, 1.54) is 11.1 Å². The molecule has 2 rings (SSSR count). The molecule has 0 aliphatic heterocycles. The van der Waals surface area contributed by atoms with Gasteiger partial charge in [-0.3, -0.25) is 4.98 Å². The topological polar surface area (TPSA) is 24.9 Å². The monoisotopic (exact) mass is 282 g/mol. The van der Waals surface area contributed by atoms with E-state index in [2.05, 4.69) is 73.5 Å². The zero-order valence-corrected chi connectivity index (χ0v) is 13.6. The van der Waals surface area contributed by atoms with Gasteiger partial charge in [0, 0.05) is 24.5 Å². The minimum absolute atomic E-state index is 0.291. The van der Waals surface area contributed by atoms with Crippen molar-refractivity contribution in [3.8, 4) is 0 Å². The van der Waals surface area contributed by atoms with Crippen LogP contribution in [0.25, 0.3) is 0 Å². The molecule has 112 valence electrons. The van der Waals surface area contributed by atoms with Crippen LogP contribution in [0.3, 0.4) is 0 Å². The third-order valence-corrected chi connectivity index (χ3v) is 3.54.